The van der Waals surface area contributed by atoms with Crippen LogP contribution < -0.4 is 5.32 Å². The maximum Gasteiger partial charge on any atom is 0.107 e. The Morgan fingerprint density at radius 2 is 2.20 bits per heavy atom. The van der Waals surface area contributed by atoms with Gasteiger partial charge >= 0.3 is 0 Å². The van der Waals surface area contributed by atoms with E-state index < -0.39 is 0 Å². The molecule has 1 atom stereocenters. The van der Waals surface area contributed by atoms with Gasteiger partial charge in [-0.2, -0.15) is 0 Å². The Kier molecular flexibility index (Phi) is 5.81. The van der Waals surface area contributed by atoms with Gasteiger partial charge in [0.2, 0.25) is 0 Å². The van der Waals surface area contributed by atoms with Crippen molar-refractivity contribution in [1.29, 1.82) is 0 Å². The first-order valence-electron chi connectivity index (χ1n) is 6.34. The van der Waals surface area contributed by atoms with E-state index >= 15 is 0 Å². The van der Waals surface area contributed by atoms with Gasteiger partial charge in [0.05, 0.1) is 10.7 Å². The maximum absolute atomic E-state index is 8.86. The molecule has 0 aliphatic rings. The average molecular weight is 331 g/mol. The Hall–Kier alpha value is -0.650. The number of rotatable bonds is 6. The van der Waals surface area contributed by atoms with Crippen molar-refractivity contribution >= 4 is 34.5 Å². The molecule has 0 bridgehead atoms. The second-order valence-electron chi connectivity index (χ2n) is 4.54. The number of aromatic nitrogens is 1. The van der Waals surface area contributed by atoms with Gasteiger partial charge in [-0.05, 0) is 31.5 Å². The minimum absolute atomic E-state index is 0.190. The van der Waals surface area contributed by atoms with Gasteiger partial charge in [-0.25, -0.2) is 4.98 Å². The Balaban J connectivity index is 2.07. The number of thiazole rings is 1. The monoisotopic (exact) mass is 330 g/mol. The zero-order chi connectivity index (χ0) is 14.5. The van der Waals surface area contributed by atoms with Crippen LogP contribution in [0.25, 0.3) is 11.3 Å². The molecule has 2 aromatic rings. The van der Waals surface area contributed by atoms with Gasteiger partial charge in [-0.15, -0.1) is 11.3 Å². The molecule has 1 unspecified atom stereocenters. The normalized spacial score (nSPS) is 12.6. The molecule has 0 amide bonds. The van der Waals surface area contributed by atoms with Crippen LogP contribution in [-0.4, -0.2) is 22.7 Å². The fraction of sp³-hybridized carbons (Fsp3) is 0.357. The first kappa shape index (κ1) is 15.7. The third-order valence-corrected chi connectivity index (χ3v) is 4.33. The number of aliphatic hydroxyl groups excluding tert-OH is 1. The van der Waals surface area contributed by atoms with E-state index in [9.17, 15) is 0 Å². The molecule has 0 spiro atoms. The summed E-state index contributed by atoms with van der Waals surface area (Å²) in [5.41, 5.74) is 1.69. The summed E-state index contributed by atoms with van der Waals surface area (Å²) in [5, 5.41) is 16.4. The second-order valence-corrected chi connectivity index (χ2v) is 6.33. The van der Waals surface area contributed by atoms with Crippen molar-refractivity contribution in [3.8, 4) is 11.3 Å². The summed E-state index contributed by atoms with van der Waals surface area (Å²) in [6, 6.07) is 5.63. The fourth-order valence-electron chi connectivity index (χ4n) is 1.77. The van der Waals surface area contributed by atoms with Crippen LogP contribution in [0.15, 0.2) is 23.6 Å². The summed E-state index contributed by atoms with van der Waals surface area (Å²) >= 11 is 13.7. The van der Waals surface area contributed by atoms with Crippen molar-refractivity contribution in [2.45, 2.75) is 25.9 Å². The van der Waals surface area contributed by atoms with Crippen LogP contribution in [0.3, 0.4) is 0 Å². The zero-order valence-corrected chi connectivity index (χ0v) is 13.4. The zero-order valence-electron chi connectivity index (χ0n) is 11.1. The fourth-order valence-corrected chi connectivity index (χ4v) is 2.90. The Morgan fingerprint density at radius 1 is 1.40 bits per heavy atom. The summed E-state index contributed by atoms with van der Waals surface area (Å²) in [5.74, 6) is 0. The quantitative estimate of drug-likeness (QED) is 0.842. The highest BCUT2D eigenvalue weighted by atomic mass is 35.5. The Bertz CT molecular complexity index is 574. The lowest BCUT2D eigenvalue weighted by Gasteiger charge is -2.10. The Morgan fingerprint density at radius 3 is 2.95 bits per heavy atom. The molecule has 1 aromatic carbocycles. The van der Waals surface area contributed by atoms with Gasteiger partial charge in [-0.3, -0.25) is 0 Å². The number of benzene rings is 1. The predicted octanol–water partition coefficient (Wildman–Crippen LogP) is 3.98. The van der Waals surface area contributed by atoms with E-state index in [2.05, 4.69) is 10.3 Å². The maximum atomic E-state index is 8.86. The molecule has 0 fully saturated rings. The molecule has 6 heteroatoms. The topological polar surface area (TPSA) is 45.1 Å². The first-order chi connectivity index (χ1) is 9.60. The van der Waals surface area contributed by atoms with Crippen LogP contribution >= 0.6 is 34.5 Å². The SMILES string of the molecule is CC(CCO)NCc1nc(-c2cc(Cl)ccc2Cl)cs1. The van der Waals surface area contributed by atoms with E-state index in [1.54, 1.807) is 23.5 Å². The van der Waals surface area contributed by atoms with Gasteiger partial charge in [0.15, 0.2) is 0 Å². The number of hydrogen-bond acceptors (Lipinski definition) is 4. The van der Waals surface area contributed by atoms with Crippen LogP contribution in [0.4, 0.5) is 0 Å². The third-order valence-electron chi connectivity index (χ3n) is 2.92. The molecule has 2 N–H and O–H groups in total. The van der Waals surface area contributed by atoms with Crippen LogP contribution in [0.1, 0.15) is 18.4 Å². The molecule has 108 valence electrons. The number of aliphatic hydroxyl groups is 1. The molecule has 20 heavy (non-hydrogen) atoms. The highest BCUT2D eigenvalue weighted by Crippen LogP contribution is 2.31. The van der Waals surface area contributed by atoms with E-state index in [-0.39, 0.29) is 12.6 Å². The third kappa shape index (κ3) is 4.17. The number of nitrogens with zero attached hydrogens (tertiary/aromatic N) is 1. The highest BCUT2D eigenvalue weighted by Gasteiger charge is 2.10. The van der Waals surface area contributed by atoms with Gasteiger partial charge < -0.3 is 10.4 Å². The average Bonchev–Trinajstić information content (AvgIpc) is 2.88. The first-order valence-corrected chi connectivity index (χ1v) is 7.97. The van der Waals surface area contributed by atoms with Gasteiger partial charge in [0.25, 0.3) is 0 Å². The molecule has 1 aromatic heterocycles. The lowest BCUT2D eigenvalue weighted by Crippen LogP contribution is -2.26. The Labute approximate surface area is 132 Å². The highest BCUT2D eigenvalue weighted by molar-refractivity contribution is 7.09. The lowest BCUT2D eigenvalue weighted by molar-refractivity contribution is 0.268. The van der Waals surface area contributed by atoms with Crippen LogP contribution in [0, 0.1) is 0 Å². The van der Waals surface area contributed by atoms with Gasteiger partial charge in [-0.1, -0.05) is 23.2 Å². The van der Waals surface area contributed by atoms with Crippen LogP contribution in [0.2, 0.25) is 10.0 Å². The molecule has 0 saturated heterocycles. The summed E-state index contributed by atoms with van der Waals surface area (Å²) in [4.78, 5) is 4.56. The molecule has 3 nitrogen and oxygen atoms in total. The predicted molar refractivity (Wildman–Crippen MR) is 85.6 cm³/mol. The molecular formula is C14H16Cl2N2OS. The molecular weight excluding hydrogens is 315 g/mol. The van der Waals surface area contributed by atoms with Crippen molar-refractivity contribution in [1.82, 2.24) is 10.3 Å². The van der Waals surface area contributed by atoms with E-state index in [0.29, 0.717) is 16.6 Å². The smallest absolute Gasteiger partial charge is 0.107 e. The molecule has 2 rings (SSSR count). The second kappa shape index (κ2) is 7.38. The summed E-state index contributed by atoms with van der Waals surface area (Å²) < 4.78 is 0. The lowest BCUT2D eigenvalue weighted by atomic mass is 10.2. The van der Waals surface area contributed by atoms with E-state index in [4.69, 9.17) is 28.3 Å². The van der Waals surface area contributed by atoms with Gasteiger partial charge in [0.1, 0.15) is 5.01 Å². The van der Waals surface area contributed by atoms with Crippen LogP contribution in [0.5, 0.6) is 0 Å². The van der Waals surface area contributed by atoms with Crippen molar-refractivity contribution in [2.24, 2.45) is 0 Å². The van der Waals surface area contributed by atoms with Crippen LogP contribution in [-0.2, 0) is 6.54 Å². The van der Waals surface area contributed by atoms with Crippen molar-refractivity contribution in [3.63, 3.8) is 0 Å². The molecule has 1 heterocycles. The van der Waals surface area contributed by atoms with Crippen molar-refractivity contribution in [2.75, 3.05) is 6.61 Å². The molecule has 0 aliphatic carbocycles. The standard InChI is InChI=1S/C14H16Cl2N2OS/c1-9(4-5-19)17-7-14-18-13(8-20-14)11-6-10(15)2-3-12(11)16/h2-3,6,8-9,17,19H,4-5,7H2,1H3. The summed E-state index contributed by atoms with van der Waals surface area (Å²) in [6.45, 7) is 2.91. The molecule has 0 aliphatic heterocycles. The molecule has 0 radical (unpaired) electrons. The van der Waals surface area contributed by atoms with E-state index in [0.717, 1.165) is 22.7 Å². The van der Waals surface area contributed by atoms with Crippen molar-refractivity contribution in [3.05, 3.63) is 38.6 Å². The summed E-state index contributed by atoms with van der Waals surface area (Å²) in [7, 11) is 0. The number of halogens is 2. The number of hydrogen-bond donors (Lipinski definition) is 2. The van der Waals surface area contributed by atoms with Crippen molar-refractivity contribution < 1.29 is 5.11 Å². The molecule has 0 saturated carbocycles. The number of nitrogens with one attached hydrogen (secondary N) is 1. The van der Waals surface area contributed by atoms with E-state index in [1.165, 1.54) is 0 Å². The summed E-state index contributed by atoms with van der Waals surface area (Å²) in [6.07, 6.45) is 0.734. The minimum Gasteiger partial charge on any atom is -0.396 e. The van der Waals surface area contributed by atoms with Gasteiger partial charge in [0, 0.05) is 35.2 Å². The minimum atomic E-state index is 0.190. The largest absolute Gasteiger partial charge is 0.396 e. The van der Waals surface area contributed by atoms with E-state index in [1.807, 2.05) is 18.4 Å².